The zero-order valence-corrected chi connectivity index (χ0v) is 14.3. The van der Waals surface area contributed by atoms with Crippen LogP contribution in [0, 0.1) is 11.3 Å². The largest absolute Gasteiger partial charge is 0.465 e. The van der Waals surface area contributed by atoms with Crippen LogP contribution in [0.2, 0.25) is 10.0 Å². The minimum Gasteiger partial charge on any atom is -0.465 e. The summed E-state index contributed by atoms with van der Waals surface area (Å²) >= 11 is 12.0. The Balaban J connectivity index is 2.28. The number of ketones is 1. The SMILES string of the molecule is COC(=O)c1cccc(C(C#N)C(=O)Cc2cccc(Cl)c2Cl)c1. The molecule has 0 fully saturated rings. The molecule has 2 aromatic carbocycles. The predicted octanol–water partition coefficient (Wildman–Crippen LogP) is 4.20. The third kappa shape index (κ3) is 3.94. The first-order chi connectivity index (χ1) is 11.5. The number of hydrogen-bond donors (Lipinski definition) is 0. The van der Waals surface area contributed by atoms with Crippen molar-refractivity contribution in [3.8, 4) is 6.07 Å². The van der Waals surface area contributed by atoms with Crippen LogP contribution in [0.1, 0.15) is 27.4 Å². The molecule has 0 heterocycles. The normalized spacial score (nSPS) is 11.4. The van der Waals surface area contributed by atoms with E-state index in [0.717, 1.165) is 0 Å². The lowest BCUT2D eigenvalue weighted by atomic mass is 9.91. The molecular weight excluding hydrogens is 349 g/mol. The second-order valence-corrected chi connectivity index (χ2v) is 5.82. The Hall–Kier alpha value is -2.35. The van der Waals surface area contributed by atoms with Crippen molar-refractivity contribution in [2.75, 3.05) is 7.11 Å². The summed E-state index contributed by atoms with van der Waals surface area (Å²) in [6, 6.07) is 13.2. The van der Waals surface area contributed by atoms with Crippen LogP contribution in [0.3, 0.4) is 0 Å². The lowest BCUT2D eigenvalue weighted by Crippen LogP contribution is -2.14. The first-order valence-electron chi connectivity index (χ1n) is 7.01. The molecular formula is C18H13Cl2NO3. The van der Waals surface area contributed by atoms with Crippen LogP contribution in [0.4, 0.5) is 0 Å². The lowest BCUT2D eigenvalue weighted by molar-refractivity contribution is -0.118. The maximum Gasteiger partial charge on any atom is 0.337 e. The molecule has 2 rings (SSSR count). The Morgan fingerprint density at radius 1 is 1.21 bits per heavy atom. The van der Waals surface area contributed by atoms with Crippen LogP contribution in [0.15, 0.2) is 42.5 Å². The van der Waals surface area contributed by atoms with Gasteiger partial charge in [-0.3, -0.25) is 4.79 Å². The number of nitriles is 1. The number of benzene rings is 2. The summed E-state index contributed by atoms with van der Waals surface area (Å²) in [5, 5.41) is 10.0. The van der Waals surface area contributed by atoms with Crippen molar-refractivity contribution in [2.45, 2.75) is 12.3 Å². The summed E-state index contributed by atoms with van der Waals surface area (Å²) in [6.07, 6.45) is -0.0277. The Labute approximate surface area is 149 Å². The second-order valence-electron chi connectivity index (χ2n) is 5.04. The molecule has 1 unspecified atom stereocenters. The smallest absolute Gasteiger partial charge is 0.337 e. The minimum atomic E-state index is -1.01. The van der Waals surface area contributed by atoms with Crippen LogP contribution < -0.4 is 0 Å². The van der Waals surface area contributed by atoms with E-state index in [4.69, 9.17) is 23.2 Å². The van der Waals surface area contributed by atoms with Crippen LogP contribution in [0.5, 0.6) is 0 Å². The average Bonchev–Trinajstić information content (AvgIpc) is 2.59. The molecule has 0 saturated carbocycles. The number of halogens is 2. The van der Waals surface area contributed by atoms with Crippen LogP contribution >= 0.6 is 23.2 Å². The number of nitrogens with zero attached hydrogens (tertiary/aromatic N) is 1. The zero-order chi connectivity index (χ0) is 17.7. The van der Waals surface area contributed by atoms with Crippen molar-refractivity contribution < 1.29 is 14.3 Å². The molecule has 1 atom stereocenters. The Morgan fingerprint density at radius 3 is 2.58 bits per heavy atom. The van der Waals surface area contributed by atoms with Crippen molar-refractivity contribution in [3.05, 3.63) is 69.2 Å². The number of ether oxygens (including phenoxy) is 1. The van der Waals surface area contributed by atoms with Gasteiger partial charge in [0.05, 0.1) is 28.8 Å². The van der Waals surface area contributed by atoms with Crippen molar-refractivity contribution in [2.24, 2.45) is 0 Å². The summed E-state index contributed by atoms with van der Waals surface area (Å²) in [7, 11) is 1.27. The fourth-order valence-electron chi connectivity index (χ4n) is 2.27. The molecule has 122 valence electrons. The molecule has 0 N–H and O–H groups in total. The van der Waals surface area contributed by atoms with Gasteiger partial charge < -0.3 is 4.74 Å². The molecule has 0 aliphatic heterocycles. The van der Waals surface area contributed by atoms with E-state index >= 15 is 0 Å². The molecule has 2 aromatic rings. The van der Waals surface area contributed by atoms with E-state index in [1.165, 1.54) is 13.2 Å². The Morgan fingerprint density at radius 2 is 1.92 bits per heavy atom. The molecule has 0 aromatic heterocycles. The molecule has 6 heteroatoms. The van der Waals surface area contributed by atoms with Crippen LogP contribution in [0.25, 0.3) is 0 Å². The molecule has 0 amide bonds. The first-order valence-corrected chi connectivity index (χ1v) is 7.77. The Bertz CT molecular complexity index is 827. The molecule has 0 aliphatic carbocycles. The highest BCUT2D eigenvalue weighted by atomic mass is 35.5. The predicted molar refractivity (Wildman–Crippen MR) is 91.3 cm³/mol. The summed E-state index contributed by atoms with van der Waals surface area (Å²) in [5.41, 5.74) is 1.27. The number of Topliss-reactive ketones (excluding diaryl/α,β-unsaturated/α-hetero) is 1. The quantitative estimate of drug-likeness (QED) is 0.748. The molecule has 4 nitrogen and oxygen atoms in total. The maximum absolute atomic E-state index is 12.5. The Kier molecular flexibility index (Phi) is 5.97. The van der Waals surface area contributed by atoms with Gasteiger partial charge >= 0.3 is 5.97 Å². The van der Waals surface area contributed by atoms with Crippen molar-refractivity contribution in [1.82, 2.24) is 0 Å². The topological polar surface area (TPSA) is 67.2 Å². The summed E-state index contributed by atoms with van der Waals surface area (Å²) in [4.78, 5) is 24.1. The van der Waals surface area contributed by atoms with E-state index in [0.29, 0.717) is 21.2 Å². The fourth-order valence-corrected chi connectivity index (χ4v) is 2.66. The zero-order valence-electron chi connectivity index (χ0n) is 12.8. The summed E-state index contributed by atoms with van der Waals surface area (Å²) < 4.78 is 4.65. The van der Waals surface area contributed by atoms with Gasteiger partial charge in [-0.25, -0.2) is 4.79 Å². The maximum atomic E-state index is 12.5. The van der Waals surface area contributed by atoms with Crippen LogP contribution in [-0.4, -0.2) is 18.9 Å². The highest BCUT2D eigenvalue weighted by Gasteiger charge is 2.22. The average molecular weight is 362 g/mol. The van der Waals surface area contributed by atoms with Gasteiger partial charge in [-0.1, -0.05) is 47.5 Å². The number of rotatable bonds is 5. The van der Waals surface area contributed by atoms with Gasteiger partial charge in [-0.05, 0) is 29.3 Å². The van der Waals surface area contributed by atoms with Gasteiger partial charge in [0.1, 0.15) is 5.92 Å². The van der Waals surface area contributed by atoms with Crippen LogP contribution in [-0.2, 0) is 16.0 Å². The summed E-state index contributed by atoms with van der Waals surface area (Å²) in [6.45, 7) is 0. The van der Waals surface area contributed by atoms with Gasteiger partial charge in [0, 0.05) is 6.42 Å². The van der Waals surface area contributed by atoms with E-state index in [9.17, 15) is 14.9 Å². The van der Waals surface area contributed by atoms with E-state index in [1.54, 1.807) is 36.4 Å². The highest BCUT2D eigenvalue weighted by Crippen LogP contribution is 2.28. The monoisotopic (exact) mass is 361 g/mol. The van der Waals surface area contributed by atoms with E-state index < -0.39 is 11.9 Å². The number of esters is 1. The molecule has 0 radical (unpaired) electrons. The van der Waals surface area contributed by atoms with Crippen molar-refractivity contribution in [1.29, 1.82) is 5.26 Å². The van der Waals surface area contributed by atoms with Gasteiger partial charge in [0.2, 0.25) is 0 Å². The third-order valence-corrected chi connectivity index (χ3v) is 4.35. The minimum absolute atomic E-state index is 0.0277. The lowest BCUT2D eigenvalue weighted by Gasteiger charge is -2.11. The summed E-state index contributed by atoms with van der Waals surface area (Å²) in [5.74, 6) is -1.87. The van der Waals surface area contributed by atoms with Crippen molar-refractivity contribution >= 4 is 35.0 Å². The molecule has 0 spiro atoms. The number of carbonyl (C=O) groups excluding carboxylic acids is 2. The fraction of sp³-hybridized carbons (Fsp3) is 0.167. The first kappa shape index (κ1) is 18.0. The molecule has 0 aliphatic rings. The van der Waals surface area contributed by atoms with E-state index in [2.05, 4.69) is 4.74 Å². The molecule has 0 bridgehead atoms. The molecule has 24 heavy (non-hydrogen) atoms. The van der Waals surface area contributed by atoms with Gasteiger partial charge in [0.25, 0.3) is 0 Å². The molecule has 0 saturated heterocycles. The highest BCUT2D eigenvalue weighted by molar-refractivity contribution is 6.42. The number of hydrogen-bond acceptors (Lipinski definition) is 4. The van der Waals surface area contributed by atoms with Gasteiger partial charge in [0.15, 0.2) is 5.78 Å². The van der Waals surface area contributed by atoms with E-state index in [1.807, 2.05) is 6.07 Å². The van der Waals surface area contributed by atoms with E-state index in [-0.39, 0.29) is 17.8 Å². The standard InChI is InChI=1S/C18H13Cl2NO3/c1-24-18(23)13-6-2-4-11(8-13)14(10-21)16(22)9-12-5-3-7-15(19)17(12)20/h2-8,14H,9H2,1H3. The van der Waals surface area contributed by atoms with Gasteiger partial charge in [-0.15, -0.1) is 0 Å². The van der Waals surface area contributed by atoms with Crippen molar-refractivity contribution in [3.63, 3.8) is 0 Å². The second kappa shape index (κ2) is 7.96. The number of methoxy groups -OCH3 is 1. The number of carbonyl (C=O) groups is 2. The van der Waals surface area contributed by atoms with Gasteiger partial charge in [-0.2, -0.15) is 5.26 Å². The third-order valence-electron chi connectivity index (χ3n) is 3.49.